The van der Waals surface area contributed by atoms with E-state index in [0.29, 0.717) is 32.5 Å². The molecule has 0 spiro atoms. The van der Waals surface area contributed by atoms with E-state index in [9.17, 15) is 9.59 Å². The van der Waals surface area contributed by atoms with Crippen molar-refractivity contribution in [3.8, 4) is 0 Å². The van der Waals surface area contributed by atoms with Crippen LogP contribution in [0.5, 0.6) is 0 Å². The van der Waals surface area contributed by atoms with Crippen molar-refractivity contribution in [2.24, 2.45) is 0 Å². The van der Waals surface area contributed by atoms with E-state index in [-0.39, 0.29) is 11.8 Å². The second kappa shape index (κ2) is 10.1. The number of ether oxygens (including phenoxy) is 1. The van der Waals surface area contributed by atoms with Crippen molar-refractivity contribution < 1.29 is 14.3 Å². The van der Waals surface area contributed by atoms with E-state index in [4.69, 9.17) is 4.74 Å². The molecule has 1 fully saturated rings. The predicted molar refractivity (Wildman–Crippen MR) is 93.6 cm³/mol. The zero-order valence-electron chi connectivity index (χ0n) is 14.5. The fourth-order valence-corrected chi connectivity index (χ4v) is 2.95. The Morgan fingerprint density at radius 1 is 1.21 bits per heavy atom. The highest BCUT2D eigenvalue weighted by molar-refractivity contribution is 5.88. The molecule has 1 atom stereocenters. The number of hydrogen-bond donors (Lipinski definition) is 1. The molecule has 2 amide bonds. The molecule has 132 valence electrons. The van der Waals surface area contributed by atoms with Gasteiger partial charge in [-0.3, -0.25) is 9.59 Å². The van der Waals surface area contributed by atoms with Gasteiger partial charge in [0.25, 0.3) is 0 Å². The normalized spacial score (nSPS) is 15.3. The fourth-order valence-electron chi connectivity index (χ4n) is 2.95. The summed E-state index contributed by atoms with van der Waals surface area (Å²) in [6.07, 6.45) is 3.69. The van der Waals surface area contributed by atoms with Gasteiger partial charge in [-0.05, 0) is 31.7 Å². The summed E-state index contributed by atoms with van der Waals surface area (Å²) in [4.78, 5) is 26.8. The van der Waals surface area contributed by atoms with Gasteiger partial charge in [0.1, 0.15) is 6.04 Å². The van der Waals surface area contributed by atoms with E-state index in [2.05, 4.69) is 5.32 Å². The molecule has 1 saturated heterocycles. The van der Waals surface area contributed by atoms with Crippen LogP contribution in [0.1, 0.15) is 38.2 Å². The first kappa shape index (κ1) is 18.5. The summed E-state index contributed by atoms with van der Waals surface area (Å²) in [6.45, 7) is 4.76. The molecule has 2 rings (SSSR count). The average molecular weight is 332 g/mol. The first-order valence-corrected chi connectivity index (χ1v) is 8.90. The molecular formula is C19H28N2O3. The minimum Gasteiger partial charge on any atom is -0.382 e. The molecule has 1 heterocycles. The summed E-state index contributed by atoms with van der Waals surface area (Å²) >= 11 is 0. The maximum Gasteiger partial charge on any atom is 0.245 e. The molecule has 1 unspecified atom stereocenters. The molecule has 0 radical (unpaired) electrons. The smallest absolute Gasteiger partial charge is 0.245 e. The highest BCUT2D eigenvalue weighted by Gasteiger charge is 2.27. The Balaban J connectivity index is 1.93. The molecule has 5 nitrogen and oxygen atoms in total. The SMILES string of the molecule is CCOCCCC(=O)NC(Cc1ccccc1)C(=O)N1CCCC1. The summed E-state index contributed by atoms with van der Waals surface area (Å²) in [5.41, 5.74) is 1.06. The van der Waals surface area contributed by atoms with E-state index in [1.165, 1.54) is 0 Å². The summed E-state index contributed by atoms with van der Waals surface area (Å²) < 4.78 is 5.26. The van der Waals surface area contributed by atoms with Crippen molar-refractivity contribution in [1.82, 2.24) is 10.2 Å². The van der Waals surface area contributed by atoms with Gasteiger partial charge < -0.3 is 15.0 Å². The highest BCUT2D eigenvalue weighted by atomic mass is 16.5. The zero-order chi connectivity index (χ0) is 17.2. The van der Waals surface area contributed by atoms with Gasteiger partial charge in [0.05, 0.1) is 0 Å². The van der Waals surface area contributed by atoms with Crippen LogP contribution in [0.25, 0.3) is 0 Å². The lowest BCUT2D eigenvalue weighted by Crippen LogP contribution is -2.49. The number of likely N-dealkylation sites (tertiary alicyclic amines) is 1. The topological polar surface area (TPSA) is 58.6 Å². The van der Waals surface area contributed by atoms with Crippen LogP contribution in [0, 0.1) is 0 Å². The van der Waals surface area contributed by atoms with Gasteiger partial charge in [-0.25, -0.2) is 0 Å². The molecule has 1 N–H and O–H groups in total. The van der Waals surface area contributed by atoms with Crippen molar-refractivity contribution in [3.05, 3.63) is 35.9 Å². The molecule has 24 heavy (non-hydrogen) atoms. The van der Waals surface area contributed by atoms with Gasteiger partial charge in [0, 0.05) is 39.1 Å². The monoisotopic (exact) mass is 332 g/mol. The zero-order valence-corrected chi connectivity index (χ0v) is 14.5. The van der Waals surface area contributed by atoms with Crippen LogP contribution in [0.2, 0.25) is 0 Å². The fraction of sp³-hybridized carbons (Fsp3) is 0.579. The van der Waals surface area contributed by atoms with E-state index >= 15 is 0 Å². The van der Waals surface area contributed by atoms with Crippen molar-refractivity contribution in [2.75, 3.05) is 26.3 Å². The number of hydrogen-bond acceptors (Lipinski definition) is 3. The lowest BCUT2D eigenvalue weighted by atomic mass is 10.0. The van der Waals surface area contributed by atoms with Gasteiger partial charge in [-0.1, -0.05) is 30.3 Å². The molecule has 1 aromatic carbocycles. The quantitative estimate of drug-likeness (QED) is 0.705. The molecule has 5 heteroatoms. The Labute approximate surface area is 144 Å². The van der Waals surface area contributed by atoms with Gasteiger partial charge in [0.15, 0.2) is 0 Å². The summed E-state index contributed by atoms with van der Waals surface area (Å²) in [5, 5.41) is 2.93. The molecule has 1 aliphatic rings. The second-order valence-corrected chi connectivity index (χ2v) is 6.14. The van der Waals surface area contributed by atoms with Crippen LogP contribution < -0.4 is 5.32 Å². The number of nitrogens with one attached hydrogen (secondary N) is 1. The maximum absolute atomic E-state index is 12.7. The van der Waals surface area contributed by atoms with Gasteiger partial charge in [-0.15, -0.1) is 0 Å². The predicted octanol–water partition coefficient (Wildman–Crippen LogP) is 2.15. The Bertz CT molecular complexity index is 513. The van der Waals surface area contributed by atoms with Crippen LogP contribution >= 0.6 is 0 Å². The van der Waals surface area contributed by atoms with Crippen LogP contribution in [-0.4, -0.2) is 49.1 Å². The standard InChI is InChI=1S/C19H28N2O3/c1-2-24-14-8-11-18(22)20-17(15-16-9-4-3-5-10-16)19(23)21-12-6-7-13-21/h3-5,9-10,17H,2,6-8,11-15H2,1H3,(H,20,22). The van der Waals surface area contributed by atoms with Crippen molar-refractivity contribution >= 4 is 11.8 Å². The summed E-state index contributed by atoms with van der Waals surface area (Å²) in [6, 6.07) is 9.36. The number of carbonyl (C=O) groups is 2. The Hall–Kier alpha value is -1.88. The summed E-state index contributed by atoms with van der Waals surface area (Å²) in [5.74, 6) is -0.0438. The molecular weight excluding hydrogens is 304 g/mol. The number of rotatable bonds is 9. The van der Waals surface area contributed by atoms with E-state index in [1.54, 1.807) is 0 Å². The van der Waals surface area contributed by atoms with Gasteiger partial charge in [-0.2, -0.15) is 0 Å². The van der Waals surface area contributed by atoms with Crippen LogP contribution in [-0.2, 0) is 20.7 Å². The molecule has 0 bridgehead atoms. The van der Waals surface area contributed by atoms with Crippen molar-refractivity contribution in [1.29, 1.82) is 0 Å². The van der Waals surface area contributed by atoms with Crippen LogP contribution in [0.15, 0.2) is 30.3 Å². The van der Waals surface area contributed by atoms with E-state index in [0.717, 1.165) is 31.5 Å². The largest absolute Gasteiger partial charge is 0.382 e. The number of carbonyl (C=O) groups excluding carboxylic acids is 2. The van der Waals surface area contributed by atoms with Crippen LogP contribution in [0.3, 0.4) is 0 Å². The second-order valence-electron chi connectivity index (χ2n) is 6.14. The minimum atomic E-state index is -0.481. The number of nitrogens with zero attached hydrogens (tertiary/aromatic N) is 1. The first-order valence-electron chi connectivity index (χ1n) is 8.90. The van der Waals surface area contributed by atoms with E-state index in [1.807, 2.05) is 42.2 Å². The third-order valence-corrected chi connectivity index (χ3v) is 4.23. The Morgan fingerprint density at radius 3 is 2.58 bits per heavy atom. The van der Waals surface area contributed by atoms with Gasteiger partial charge >= 0.3 is 0 Å². The Morgan fingerprint density at radius 2 is 1.92 bits per heavy atom. The van der Waals surface area contributed by atoms with Crippen molar-refractivity contribution in [3.63, 3.8) is 0 Å². The molecule has 1 aromatic rings. The molecule has 0 aliphatic carbocycles. The molecule has 0 aromatic heterocycles. The van der Waals surface area contributed by atoms with Crippen LogP contribution in [0.4, 0.5) is 0 Å². The first-order chi connectivity index (χ1) is 11.7. The molecule has 1 aliphatic heterocycles. The Kier molecular flexibility index (Phi) is 7.75. The number of amides is 2. The maximum atomic E-state index is 12.7. The minimum absolute atomic E-state index is 0.0366. The third kappa shape index (κ3) is 5.96. The average Bonchev–Trinajstić information content (AvgIpc) is 3.13. The third-order valence-electron chi connectivity index (χ3n) is 4.23. The number of benzene rings is 1. The lowest BCUT2D eigenvalue weighted by molar-refractivity contribution is -0.135. The van der Waals surface area contributed by atoms with Gasteiger partial charge in [0.2, 0.25) is 11.8 Å². The summed E-state index contributed by atoms with van der Waals surface area (Å²) in [7, 11) is 0. The van der Waals surface area contributed by atoms with Crippen molar-refractivity contribution in [2.45, 2.75) is 45.1 Å². The van der Waals surface area contributed by atoms with E-state index < -0.39 is 6.04 Å². The highest BCUT2D eigenvalue weighted by Crippen LogP contribution is 2.12. The lowest BCUT2D eigenvalue weighted by Gasteiger charge is -2.24. The molecule has 0 saturated carbocycles.